The summed E-state index contributed by atoms with van der Waals surface area (Å²) in [5, 5.41) is 0.556. The standard InChI is InChI=1S/C13H15NO5S/c1-4-18-13(15)12-8(2)11-9(14-20(3,16)17)6-5-7-10(11)19-12/h5-7,14H,4H2,1-3H3. The molecule has 0 aliphatic rings. The molecule has 0 amide bonds. The molecule has 108 valence electrons. The Morgan fingerprint density at radius 3 is 2.70 bits per heavy atom. The van der Waals surface area contributed by atoms with E-state index in [4.69, 9.17) is 9.15 Å². The fourth-order valence-electron chi connectivity index (χ4n) is 1.98. The van der Waals surface area contributed by atoms with Gasteiger partial charge in [-0.2, -0.15) is 0 Å². The molecule has 1 aromatic carbocycles. The number of benzene rings is 1. The average molecular weight is 297 g/mol. The highest BCUT2D eigenvalue weighted by molar-refractivity contribution is 7.92. The second kappa shape index (κ2) is 5.16. The average Bonchev–Trinajstić information content (AvgIpc) is 2.66. The Balaban J connectivity index is 2.60. The molecule has 0 aliphatic carbocycles. The minimum absolute atomic E-state index is 0.0876. The van der Waals surface area contributed by atoms with Gasteiger partial charge in [-0.1, -0.05) is 6.07 Å². The third-order valence-corrected chi connectivity index (χ3v) is 3.30. The number of ether oxygens (including phenoxy) is 1. The van der Waals surface area contributed by atoms with E-state index in [-0.39, 0.29) is 12.4 Å². The molecule has 2 rings (SSSR count). The monoisotopic (exact) mass is 297 g/mol. The summed E-state index contributed by atoms with van der Waals surface area (Å²) in [6.45, 7) is 3.63. The normalized spacial score (nSPS) is 11.6. The first-order valence-electron chi connectivity index (χ1n) is 6.00. The van der Waals surface area contributed by atoms with Gasteiger partial charge in [0, 0.05) is 10.9 Å². The van der Waals surface area contributed by atoms with Crippen LogP contribution in [0.15, 0.2) is 22.6 Å². The lowest BCUT2D eigenvalue weighted by Gasteiger charge is -2.05. The third kappa shape index (κ3) is 2.77. The molecular formula is C13H15NO5S. The maximum absolute atomic E-state index is 11.8. The molecule has 0 saturated heterocycles. The summed E-state index contributed by atoms with van der Waals surface area (Å²) >= 11 is 0. The van der Waals surface area contributed by atoms with Crippen molar-refractivity contribution >= 4 is 32.6 Å². The van der Waals surface area contributed by atoms with Gasteiger partial charge in [-0.3, -0.25) is 4.72 Å². The SMILES string of the molecule is CCOC(=O)c1oc2cccc(NS(C)(=O)=O)c2c1C. The number of esters is 1. The minimum atomic E-state index is -3.41. The molecule has 7 heteroatoms. The summed E-state index contributed by atoms with van der Waals surface area (Å²) in [5.74, 6) is -0.476. The van der Waals surface area contributed by atoms with E-state index in [1.807, 2.05) is 0 Å². The summed E-state index contributed by atoms with van der Waals surface area (Å²) in [5.41, 5.74) is 1.35. The summed E-state index contributed by atoms with van der Waals surface area (Å²) in [6.07, 6.45) is 1.06. The van der Waals surface area contributed by atoms with Crippen LogP contribution in [0.25, 0.3) is 11.0 Å². The Kier molecular flexibility index (Phi) is 3.71. The molecule has 0 saturated carbocycles. The van der Waals surface area contributed by atoms with Gasteiger partial charge in [0.2, 0.25) is 15.8 Å². The fraction of sp³-hybridized carbons (Fsp3) is 0.308. The zero-order chi connectivity index (χ0) is 14.9. The maximum Gasteiger partial charge on any atom is 0.374 e. The molecule has 20 heavy (non-hydrogen) atoms. The number of nitrogens with one attached hydrogen (secondary N) is 1. The fourth-order valence-corrected chi connectivity index (χ4v) is 2.55. The molecule has 0 unspecified atom stereocenters. The van der Waals surface area contributed by atoms with E-state index in [0.29, 0.717) is 22.2 Å². The second-order valence-corrected chi connectivity index (χ2v) is 6.08. The van der Waals surface area contributed by atoms with Crippen molar-refractivity contribution in [1.29, 1.82) is 0 Å². The van der Waals surface area contributed by atoms with E-state index in [2.05, 4.69) is 4.72 Å². The van der Waals surface area contributed by atoms with Crippen LogP contribution in [0.3, 0.4) is 0 Å². The Bertz CT molecular complexity index is 760. The van der Waals surface area contributed by atoms with Crippen molar-refractivity contribution in [3.05, 3.63) is 29.5 Å². The Hall–Kier alpha value is -2.02. The van der Waals surface area contributed by atoms with Crippen LogP contribution < -0.4 is 4.72 Å². The van der Waals surface area contributed by atoms with Crippen LogP contribution in [0.1, 0.15) is 23.0 Å². The smallest absolute Gasteiger partial charge is 0.374 e. The van der Waals surface area contributed by atoms with Crippen molar-refractivity contribution in [3.63, 3.8) is 0 Å². The first kappa shape index (κ1) is 14.4. The summed E-state index contributed by atoms with van der Waals surface area (Å²) < 4.78 is 35.5. The van der Waals surface area contributed by atoms with Crippen LogP contribution in [-0.4, -0.2) is 27.2 Å². The second-order valence-electron chi connectivity index (χ2n) is 4.33. The van der Waals surface area contributed by atoms with Gasteiger partial charge in [-0.25, -0.2) is 13.2 Å². The lowest BCUT2D eigenvalue weighted by atomic mass is 10.1. The van der Waals surface area contributed by atoms with Crippen LogP contribution in [0.2, 0.25) is 0 Å². The number of aryl methyl sites for hydroxylation is 1. The Morgan fingerprint density at radius 2 is 2.10 bits per heavy atom. The number of carbonyl (C=O) groups is 1. The number of carbonyl (C=O) groups excluding carboxylic acids is 1. The van der Waals surface area contributed by atoms with Gasteiger partial charge >= 0.3 is 5.97 Å². The molecular weight excluding hydrogens is 282 g/mol. The molecule has 0 radical (unpaired) electrons. The molecule has 6 nitrogen and oxygen atoms in total. The summed E-state index contributed by atoms with van der Waals surface area (Å²) in [6, 6.07) is 4.92. The van der Waals surface area contributed by atoms with Crippen molar-refractivity contribution in [1.82, 2.24) is 0 Å². The molecule has 2 aromatic rings. The van der Waals surface area contributed by atoms with Gasteiger partial charge in [-0.15, -0.1) is 0 Å². The quantitative estimate of drug-likeness (QED) is 0.875. The van der Waals surface area contributed by atoms with Gasteiger partial charge < -0.3 is 9.15 Å². The van der Waals surface area contributed by atoms with Gasteiger partial charge in [0.05, 0.1) is 18.6 Å². The van der Waals surface area contributed by atoms with Crippen LogP contribution in [-0.2, 0) is 14.8 Å². The number of fused-ring (bicyclic) bond motifs is 1. The highest BCUT2D eigenvalue weighted by atomic mass is 32.2. The lowest BCUT2D eigenvalue weighted by molar-refractivity contribution is 0.0491. The first-order valence-corrected chi connectivity index (χ1v) is 7.89. The molecule has 1 N–H and O–H groups in total. The molecule has 0 spiro atoms. The van der Waals surface area contributed by atoms with Gasteiger partial charge in [0.1, 0.15) is 5.58 Å². The van der Waals surface area contributed by atoms with E-state index >= 15 is 0 Å². The highest BCUT2D eigenvalue weighted by Crippen LogP contribution is 2.32. The Morgan fingerprint density at radius 1 is 1.40 bits per heavy atom. The number of rotatable bonds is 4. The number of hydrogen-bond donors (Lipinski definition) is 1. The van der Waals surface area contributed by atoms with E-state index in [1.165, 1.54) is 0 Å². The van der Waals surface area contributed by atoms with Crippen LogP contribution >= 0.6 is 0 Å². The van der Waals surface area contributed by atoms with Crippen molar-refractivity contribution in [2.45, 2.75) is 13.8 Å². The van der Waals surface area contributed by atoms with Crippen molar-refractivity contribution in [2.24, 2.45) is 0 Å². The lowest BCUT2D eigenvalue weighted by Crippen LogP contribution is -2.10. The van der Waals surface area contributed by atoms with Crippen LogP contribution in [0.5, 0.6) is 0 Å². The van der Waals surface area contributed by atoms with E-state index in [1.54, 1.807) is 32.0 Å². The van der Waals surface area contributed by atoms with Crippen molar-refractivity contribution < 1.29 is 22.4 Å². The molecule has 1 aromatic heterocycles. The van der Waals surface area contributed by atoms with Crippen LogP contribution in [0, 0.1) is 6.92 Å². The largest absolute Gasteiger partial charge is 0.460 e. The molecule has 1 heterocycles. The van der Waals surface area contributed by atoms with Crippen LogP contribution in [0.4, 0.5) is 5.69 Å². The topological polar surface area (TPSA) is 85.6 Å². The minimum Gasteiger partial charge on any atom is -0.460 e. The summed E-state index contributed by atoms with van der Waals surface area (Å²) in [7, 11) is -3.41. The van der Waals surface area contributed by atoms with E-state index in [0.717, 1.165) is 6.26 Å². The zero-order valence-electron chi connectivity index (χ0n) is 11.4. The van der Waals surface area contributed by atoms with E-state index < -0.39 is 16.0 Å². The molecule has 0 aliphatic heterocycles. The Labute approximate surface area is 116 Å². The first-order chi connectivity index (χ1) is 9.33. The third-order valence-electron chi connectivity index (χ3n) is 2.71. The van der Waals surface area contributed by atoms with Gasteiger partial charge in [0.15, 0.2) is 0 Å². The number of hydrogen-bond acceptors (Lipinski definition) is 5. The van der Waals surface area contributed by atoms with Crippen molar-refractivity contribution in [3.8, 4) is 0 Å². The predicted molar refractivity (Wildman–Crippen MR) is 75.4 cm³/mol. The van der Waals surface area contributed by atoms with Gasteiger partial charge in [-0.05, 0) is 26.0 Å². The maximum atomic E-state index is 11.8. The molecule has 0 bridgehead atoms. The number of anilines is 1. The molecule has 0 atom stereocenters. The molecule has 0 fully saturated rings. The number of furan rings is 1. The number of sulfonamides is 1. The summed E-state index contributed by atoms with van der Waals surface area (Å²) in [4.78, 5) is 11.8. The van der Waals surface area contributed by atoms with Gasteiger partial charge in [0.25, 0.3) is 0 Å². The van der Waals surface area contributed by atoms with E-state index in [9.17, 15) is 13.2 Å². The predicted octanol–water partition coefficient (Wildman–Crippen LogP) is 2.29. The highest BCUT2D eigenvalue weighted by Gasteiger charge is 2.21. The zero-order valence-corrected chi connectivity index (χ0v) is 12.2. The van der Waals surface area contributed by atoms with Crippen molar-refractivity contribution in [2.75, 3.05) is 17.6 Å².